The highest BCUT2D eigenvalue weighted by atomic mass is 16.5. The predicted octanol–water partition coefficient (Wildman–Crippen LogP) is 3.56. The predicted molar refractivity (Wildman–Crippen MR) is 97.2 cm³/mol. The van der Waals surface area contributed by atoms with Crippen LogP contribution in [0.25, 0.3) is 11.3 Å². The SMILES string of the molecule is COc1cccc(-c2cc(C(=O)Nc3cccc(NC(C)=O)c3)no2)c1. The molecule has 2 aromatic carbocycles. The van der Waals surface area contributed by atoms with Crippen molar-refractivity contribution in [2.75, 3.05) is 17.7 Å². The first-order valence-corrected chi connectivity index (χ1v) is 7.85. The van der Waals surface area contributed by atoms with Gasteiger partial charge in [-0.15, -0.1) is 0 Å². The van der Waals surface area contributed by atoms with Gasteiger partial charge in [-0.3, -0.25) is 9.59 Å². The molecule has 3 aromatic rings. The minimum atomic E-state index is -0.414. The molecule has 0 aliphatic heterocycles. The minimum Gasteiger partial charge on any atom is -0.497 e. The Morgan fingerprint density at radius 3 is 2.46 bits per heavy atom. The number of hydrogen-bond acceptors (Lipinski definition) is 5. The van der Waals surface area contributed by atoms with Gasteiger partial charge in [0.25, 0.3) is 5.91 Å². The molecular weight excluding hydrogens is 334 g/mol. The summed E-state index contributed by atoms with van der Waals surface area (Å²) in [5.74, 6) is 0.538. The van der Waals surface area contributed by atoms with Gasteiger partial charge in [0.1, 0.15) is 5.75 Å². The second-order valence-corrected chi connectivity index (χ2v) is 5.52. The lowest BCUT2D eigenvalue weighted by atomic mass is 10.1. The molecule has 0 bridgehead atoms. The van der Waals surface area contributed by atoms with Crippen LogP contribution in [0.1, 0.15) is 17.4 Å². The molecule has 7 heteroatoms. The van der Waals surface area contributed by atoms with E-state index in [0.29, 0.717) is 22.9 Å². The third-order valence-electron chi connectivity index (χ3n) is 3.54. The van der Waals surface area contributed by atoms with Crippen molar-refractivity contribution < 1.29 is 18.8 Å². The zero-order chi connectivity index (χ0) is 18.5. The van der Waals surface area contributed by atoms with E-state index >= 15 is 0 Å². The summed E-state index contributed by atoms with van der Waals surface area (Å²) in [5.41, 5.74) is 2.02. The maximum Gasteiger partial charge on any atom is 0.277 e. The van der Waals surface area contributed by atoms with Crippen molar-refractivity contribution in [3.8, 4) is 17.1 Å². The molecule has 1 aromatic heterocycles. The largest absolute Gasteiger partial charge is 0.497 e. The van der Waals surface area contributed by atoms with E-state index < -0.39 is 5.91 Å². The third-order valence-corrected chi connectivity index (χ3v) is 3.54. The number of anilines is 2. The molecule has 0 saturated carbocycles. The fourth-order valence-corrected chi connectivity index (χ4v) is 2.37. The number of aromatic nitrogens is 1. The molecule has 0 radical (unpaired) electrons. The second-order valence-electron chi connectivity index (χ2n) is 5.52. The van der Waals surface area contributed by atoms with E-state index in [4.69, 9.17) is 9.26 Å². The van der Waals surface area contributed by atoms with Crippen LogP contribution in [-0.2, 0) is 4.79 Å². The molecule has 2 N–H and O–H groups in total. The van der Waals surface area contributed by atoms with E-state index in [1.54, 1.807) is 43.5 Å². The Bertz CT molecular complexity index is 949. The smallest absolute Gasteiger partial charge is 0.277 e. The van der Waals surface area contributed by atoms with E-state index in [2.05, 4.69) is 15.8 Å². The van der Waals surface area contributed by atoms with E-state index in [1.165, 1.54) is 6.92 Å². The number of rotatable bonds is 5. The number of amides is 2. The van der Waals surface area contributed by atoms with Crippen molar-refractivity contribution >= 4 is 23.2 Å². The highest BCUT2D eigenvalue weighted by Gasteiger charge is 2.14. The van der Waals surface area contributed by atoms with E-state index in [1.807, 2.05) is 18.2 Å². The standard InChI is InChI=1S/C19H17N3O4/c1-12(23)20-14-6-4-7-15(10-14)21-19(24)17-11-18(26-22-17)13-5-3-8-16(9-13)25-2/h3-11H,1-2H3,(H,20,23)(H,21,24). The van der Waals surface area contributed by atoms with Crippen LogP contribution in [0.3, 0.4) is 0 Å². The molecule has 7 nitrogen and oxygen atoms in total. The number of ether oxygens (including phenoxy) is 1. The molecule has 1 heterocycles. The molecule has 0 aliphatic rings. The van der Waals surface area contributed by atoms with Gasteiger partial charge >= 0.3 is 0 Å². The van der Waals surface area contributed by atoms with Gasteiger partial charge in [-0.25, -0.2) is 0 Å². The maximum absolute atomic E-state index is 12.4. The molecule has 0 atom stereocenters. The lowest BCUT2D eigenvalue weighted by molar-refractivity contribution is -0.114. The Balaban J connectivity index is 1.75. The topological polar surface area (TPSA) is 93.5 Å². The number of nitrogens with zero attached hydrogens (tertiary/aromatic N) is 1. The second kappa shape index (κ2) is 7.52. The van der Waals surface area contributed by atoms with E-state index in [9.17, 15) is 9.59 Å². The fraction of sp³-hybridized carbons (Fsp3) is 0.105. The molecule has 3 rings (SSSR count). The van der Waals surface area contributed by atoms with Crippen LogP contribution in [0.4, 0.5) is 11.4 Å². The van der Waals surface area contributed by atoms with Gasteiger partial charge in [0.2, 0.25) is 5.91 Å². The normalized spacial score (nSPS) is 10.2. The number of methoxy groups -OCH3 is 1. The molecule has 26 heavy (non-hydrogen) atoms. The van der Waals surface area contributed by atoms with Crippen LogP contribution in [0.5, 0.6) is 5.75 Å². The maximum atomic E-state index is 12.4. The number of benzene rings is 2. The summed E-state index contributed by atoms with van der Waals surface area (Å²) in [6, 6.07) is 15.6. The first kappa shape index (κ1) is 17.2. The lowest BCUT2D eigenvalue weighted by Crippen LogP contribution is -2.12. The molecule has 0 unspecified atom stereocenters. The Morgan fingerprint density at radius 2 is 1.73 bits per heavy atom. The van der Waals surface area contributed by atoms with Crippen LogP contribution in [0, 0.1) is 0 Å². The molecule has 132 valence electrons. The minimum absolute atomic E-state index is 0.146. The summed E-state index contributed by atoms with van der Waals surface area (Å²) < 4.78 is 10.4. The van der Waals surface area contributed by atoms with Gasteiger partial charge in [0.05, 0.1) is 7.11 Å². The van der Waals surface area contributed by atoms with Crippen molar-refractivity contribution in [3.05, 3.63) is 60.3 Å². The average molecular weight is 351 g/mol. The number of hydrogen-bond donors (Lipinski definition) is 2. The van der Waals surface area contributed by atoms with Gasteiger partial charge in [0, 0.05) is 29.9 Å². The zero-order valence-corrected chi connectivity index (χ0v) is 14.3. The summed E-state index contributed by atoms with van der Waals surface area (Å²) >= 11 is 0. The monoisotopic (exact) mass is 351 g/mol. The fourth-order valence-electron chi connectivity index (χ4n) is 2.37. The average Bonchev–Trinajstić information content (AvgIpc) is 3.12. The summed E-state index contributed by atoms with van der Waals surface area (Å²) in [6.45, 7) is 1.42. The van der Waals surface area contributed by atoms with Gasteiger partial charge < -0.3 is 19.9 Å². The Labute approximate surface area is 150 Å². The van der Waals surface area contributed by atoms with Crippen LogP contribution in [-0.4, -0.2) is 24.1 Å². The molecule has 2 amide bonds. The Kier molecular flexibility index (Phi) is 4.98. The van der Waals surface area contributed by atoms with Gasteiger partial charge in [-0.05, 0) is 30.3 Å². The Hall–Kier alpha value is -3.61. The van der Waals surface area contributed by atoms with Crippen LogP contribution in [0.2, 0.25) is 0 Å². The zero-order valence-electron chi connectivity index (χ0n) is 14.3. The quantitative estimate of drug-likeness (QED) is 0.733. The van der Waals surface area contributed by atoms with E-state index in [-0.39, 0.29) is 11.6 Å². The van der Waals surface area contributed by atoms with Crippen LogP contribution < -0.4 is 15.4 Å². The molecule has 0 fully saturated rings. The third kappa shape index (κ3) is 4.07. The highest BCUT2D eigenvalue weighted by molar-refractivity contribution is 6.03. The summed E-state index contributed by atoms with van der Waals surface area (Å²) in [4.78, 5) is 23.5. The van der Waals surface area contributed by atoms with Crippen molar-refractivity contribution in [2.45, 2.75) is 6.92 Å². The van der Waals surface area contributed by atoms with Gasteiger partial charge in [-0.1, -0.05) is 23.4 Å². The van der Waals surface area contributed by atoms with Crippen molar-refractivity contribution in [1.29, 1.82) is 0 Å². The van der Waals surface area contributed by atoms with Gasteiger partial charge in [-0.2, -0.15) is 0 Å². The first-order chi connectivity index (χ1) is 12.5. The highest BCUT2D eigenvalue weighted by Crippen LogP contribution is 2.25. The molecule has 0 spiro atoms. The summed E-state index contributed by atoms with van der Waals surface area (Å²) in [5, 5.41) is 9.20. The molecule has 0 aliphatic carbocycles. The van der Waals surface area contributed by atoms with Gasteiger partial charge in [0.15, 0.2) is 11.5 Å². The Morgan fingerprint density at radius 1 is 1.00 bits per heavy atom. The number of carbonyl (C=O) groups is 2. The molecular formula is C19H17N3O4. The number of nitrogens with one attached hydrogen (secondary N) is 2. The summed E-state index contributed by atoms with van der Waals surface area (Å²) in [7, 11) is 1.58. The van der Waals surface area contributed by atoms with E-state index in [0.717, 1.165) is 5.56 Å². The molecule has 0 saturated heterocycles. The van der Waals surface area contributed by atoms with Crippen LogP contribution >= 0.6 is 0 Å². The van der Waals surface area contributed by atoms with Crippen LogP contribution in [0.15, 0.2) is 59.1 Å². The van der Waals surface area contributed by atoms with Crippen molar-refractivity contribution in [3.63, 3.8) is 0 Å². The van der Waals surface area contributed by atoms with Crippen molar-refractivity contribution in [2.24, 2.45) is 0 Å². The lowest BCUT2D eigenvalue weighted by Gasteiger charge is -2.06. The number of carbonyl (C=O) groups excluding carboxylic acids is 2. The first-order valence-electron chi connectivity index (χ1n) is 7.85. The summed E-state index contributed by atoms with van der Waals surface area (Å²) in [6.07, 6.45) is 0. The van der Waals surface area contributed by atoms with Crippen molar-refractivity contribution in [1.82, 2.24) is 5.16 Å².